The molecule has 3 aromatic carbocycles. The second-order valence-corrected chi connectivity index (χ2v) is 6.68. The van der Waals surface area contributed by atoms with Crippen molar-refractivity contribution in [1.82, 2.24) is 0 Å². The van der Waals surface area contributed by atoms with Gasteiger partial charge in [0.05, 0.1) is 0 Å². The van der Waals surface area contributed by atoms with Crippen molar-refractivity contribution in [3.8, 4) is 0 Å². The molecule has 0 heterocycles. The molecule has 0 amide bonds. The van der Waals surface area contributed by atoms with Crippen molar-refractivity contribution in [2.75, 3.05) is 0 Å². The first-order valence-electron chi connectivity index (χ1n) is 8.70. The van der Waals surface area contributed by atoms with Crippen LogP contribution in [0.25, 0.3) is 11.1 Å². The maximum atomic E-state index is 4.34. The highest BCUT2D eigenvalue weighted by Gasteiger charge is 2.08. The summed E-state index contributed by atoms with van der Waals surface area (Å²) in [5, 5.41) is 0. The van der Waals surface area contributed by atoms with E-state index in [0.717, 1.165) is 27.8 Å². The fourth-order valence-corrected chi connectivity index (χ4v) is 2.95. The van der Waals surface area contributed by atoms with Gasteiger partial charge < -0.3 is 0 Å². The Hall–Kier alpha value is -2.86. The highest BCUT2D eigenvalue weighted by Crippen LogP contribution is 2.28. The Labute approximate surface area is 151 Å². The molecular formula is C25H24. The summed E-state index contributed by atoms with van der Waals surface area (Å²) in [5.41, 5.74) is 8.00. The molecule has 0 aliphatic rings. The largest absolute Gasteiger partial charge is 0.0906 e. The van der Waals surface area contributed by atoms with Crippen LogP contribution in [-0.2, 0) is 0 Å². The molecule has 0 atom stereocenters. The van der Waals surface area contributed by atoms with Gasteiger partial charge >= 0.3 is 0 Å². The molecule has 124 valence electrons. The van der Waals surface area contributed by atoms with Crippen LogP contribution >= 0.6 is 0 Å². The number of benzene rings is 3. The van der Waals surface area contributed by atoms with Crippen LogP contribution < -0.4 is 0 Å². The molecule has 0 bridgehead atoms. The van der Waals surface area contributed by atoms with Crippen LogP contribution in [0, 0.1) is 0 Å². The summed E-state index contributed by atoms with van der Waals surface area (Å²) in [7, 11) is 0. The van der Waals surface area contributed by atoms with Crippen molar-refractivity contribution in [2.45, 2.75) is 19.8 Å². The summed E-state index contributed by atoms with van der Waals surface area (Å²) in [5.74, 6) is 0.511. The van der Waals surface area contributed by atoms with E-state index in [2.05, 4.69) is 87.7 Å². The van der Waals surface area contributed by atoms with E-state index in [1.54, 1.807) is 0 Å². The van der Waals surface area contributed by atoms with Crippen LogP contribution in [0.4, 0.5) is 0 Å². The molecule has 25 heavy (non-hydrogen) atoms. The average Bonchev–Trinajstić information content (AvgIpc) is 2.67. The topological polar surface area (TPSA) is 0 Å². The van der Waals surface area contributed by atoms with E-state index in [1.165, 1.54) is 11.1 Å². The van der Waals surface area contributed by atoms with Gasteiger partial charge in [-0.1, -0.05) is 99.8 Å². The Bertz CT molecular complexity index is 898. The minimum atomic E-state index is 0.511. The fraction of sp³-hybridized carbons (Fsp3) is 0.120. The Morgan fingerprint density at radius 1 is 0.600 bits per heavy atom. The molecule has 0 radical (unpaired) electrons. The summed E-state index contributed by atoms with van der Waals surface area (Å²) in [6.07, 6.45) is 0. The van der Waals surface area contributed by atoms with Gasteiger partial charge in [0.2, 0.25) is 0 Å². The van der Waals surface area contributed by atoms with E-state index in [1.807, 2.05) is 18.2 Å². The summed E-state index contributed by atoms with van der Waals surface area (Å²) in [6, 6.07) is 27.4. The maximum Gasteiger partial charge on any atom is -0.0178 e. The minimum absolute atomic E-state index is 0.511. The lowest BCUT2D eigenvalue weighted by molar-refractivity contribution is 0.866. The van der Waals surface area contributed by atoms with Crippen molar-refractivity contribution in [1.29, 1.82) is 0 Å². The van der Waals surface area contributed by atoms with E-state index in [4.69, 9.17) is 0 Å². The van der Waals surface area contributed by atoms with Gasteiger partial charge in [0.15, 0.2) is 0 Å². The lowest BCUT2D eigenvalue weighted by Gasteiger charge is -2.13. The predicted octanol–water partition coefficient (Wildman–Crippen LogP) is 6.93. The van der Waals surface area contributed by atoms with E-state index in [0.29, 0.717) is 5.92 Å². The molecule has 0 N–H and O–H groups in total. The average molecular weight is 324 g/mol. The molecule has 0 nitrogen and oxygen atoms in total. The third kappa shape index (κ3) is 3.80. The standard InChI is InChI=1S/C25H24/c1-18(2)22-12-8-13-23(16-22)20(4)25-15-9-14-24(17-25)19(3)21-10-6-5-7-11-21/h5-18H,3-4H2,1-2H3. The highest BCUT2D eigenvalue weighted by atomic mass is 14.1. The van der Waals surface area contributed by atoms with Crippen molar-refractivity contribution < 1.29 is 0 Å². The van der Waals surface area contributed by atoms with Gasteiger partial charge in [0.1, 0.15) is 0 Å². The number of hydrogen-bond donors (Lipinski definition) is 0. The smallest absolute Gasteiger partial charge is 0.0178 e. The summed E-state index contributed by atoms with van der Waals surface area (Å²) in [4.78, 5) is 0. The zero-order valence-electron chi connectivity index (χ0n) is 15.0. The molecule has 0 aromatic heterocycles. The summed E-state index contributed by atoms with van der Waals surface area (Å²) < 4.78 is 0. The SMILES string of the molecule is C=C(c1ccccc1)c1cccc(C(=C)c2cccc(C(C)C)c2)c1. The third-order valence-electron chi connectivity index (χ3n) is 4.58. The minimum Gasteiger partial charge on any atom is -0.0906 e. The molecule has 0 aliphatic heterocycles. The third-order valence-corrected chi connectivity index (χ3v) is 4.58. The molecule has 0 spiro atoms. The molecule has 3 rings (SSSR count). The Balaban J connectivity index is 1.92. The molecule has 0 aliphatic carbocycles. The van der Waals surface area contributed by atoms with Crippen LogP contribution in [0.5, 0.6) is 0 Å². The molecule has 0 saturated carbocycles. The second kappa shape index (κ2) is 7.36. The molecule has 3 aromatic rings. The van der Waals surface area contributed by atoms with E-state index in [-0.39, 0.29) is 0 Å². The monoisotopic (exact) mass is 324 g/mol. The first-order valence-corrected chi connectivity index (χ1v) is 8.70. The molecule has 0 heteroatoms. The Kier molecular flexibility index (Phi) is 5.00. The fourth-order valence-electron chi connectivity index (χ4n) is 2.95. The highest BCUT2D eigenvalue weighted by molar-refractivity contribution is 5.83. The second-order valence-electron chi connectivity index (χ2n) is 6.68. The lowest BCUT2D eigenvalue weighted by Crippen LogP contribution is -1.93. The summed E-state index contributed by atoms with van der Waals surface area (Å²) >= 11 is 0. The first-order chi connectivity index (χ1) is 12.1. The Morgan fingerprint density at radius 2 is 1.08 bits per heavy atom. The van der Waals surface area contributed by atoms with E-state index in [9.17, 15) is 0 Å². The van der Waals surface area contributed by atoms with Gasteiger partial charge in [-0.15, -0.1) is 0 Å². The van der Waals surface area contributed by atoms with Crippen LogP contribution in [0.1, 0.15) is 47.6 Å². The van der Waals surface area contributed by atoms with Gasteiger partial charge in [-0.05, 0) is 50.9 Å². The van der Waals surface area contributed by atoms with Crippen LogP contribution in [-0.4, -0.2) is 0 Å². The molecule has 0 saturated heterocycles. The molecular weight excluding hydrogens is 300 g/mol. The Morgan fingerprint density at radius 3 is 1.68 bits per heavy atom. The van der Waals surface area contributed by atoms with Crippen LogP contribution in [0.3, 0.4) is 0 Å². The van der Waals surface area contributed by atoms with Crippen LogP contribution in [0.15, 0.2) is 92.0 Å². The molecule has 0 unspecified atom stereocenters. The van der Waals surface area contributed by atoms with Gasteiger partial charge in [0, 0.05) is 0 Å². The first kappa shape index (κ1) is 17.0. The zero-order chi connectivity index (χ0) is 17.8. The molecule has 0 fully saturated rings. The zero-order valence-corrected chi connectivity index (χ0v) is 15.0. The van der Waals surface area contributed by atoms with Crippen LogP contribution in [0.2, 0.25) is 0 Å². The lowest BCUT2D eigenvalue weighted by atomic mass is 9.92. The van der Waals surface area contributed by atoms with Crippen molar-refractivity contribution >= 4 is 11.1 Å². The normalized spacial score (nSPS) is 10.7. The van der Waals surface area contributed by atoms with E-state index < -0.39 is 0 Å². The maximum absolute atomic E-state index is 4.34. The van der Waals surface area contributed by atoms with Gasteiger partial charge in [0.25, 0.3) is 0 Å². The van der Waals surface area contributed by atoms with Crippen molar-refractivity contribution in [2.24, 2.45) is 0 Å². The summed E-state index contributed by atoms with van der Waals surface area (Å²) in [6.45, 7) is 13.0. The van der Waals surface area contributed by atoms with Gasteiger partial charge in [-0.2, -0.15) is 0 Å². The quantitative estimate of drug-likeness (QED) is 0.477. The number of hydrogen-bond acceptors (Lipinski definition) is 0. The van der Waals surface area contributed by atoms with Crippen molar-refractivity contribution in [3.05, 3.63) is 120 Å². The van der Waals surface area contributed by atoms with Crippen molar-refractivity contribution in [3.63, 3.8) is 0 Å². The van der Waals surface area contributed by atoms with E-state index >= 15 is 0 Å². The number of rotatable bonds is 5. The van der Waals surface area contributed by atoms with Gasteiger partial charge in [-0.3, -0.25) is 0 Å². The predicted molar refractivity (Wildman–Crippen MR) is 110 cm³/mol. The van der Waals surface area contributed by atoms with Gasteiger partial charge in [-0.25, -0.2) is 0 Å².